The van der Waals surface area contributed by atoms with Gasteiger partial charge in [-0.15, -0.1) is 0 Å². The second-order valence-electron chi connectivity index (χ2n) is 5.83. The molecule has 0 unspecified atom stereocenters. The minimum absolute atomic E-state index is 0.571. The van der Waals surface area contributed by atoms with Gasteiger partial charge in [0.2, 0.25) is 0 Å². The van der Waals surface area contributed by atoms with Crippen molar-refractivity contribution < 1.29 is 0 Å². The highest BCUT2D eigenvalue weighted by Gasteiger charge is 2.33. The summed E-state index contributed by atoms with van der Waals surface area (Å²) in [5.41, 5.74) is 1.14. The van der Waals surface area contributed by atoms with E-state index in [9.17, 15) is 0 Å². The predicted octanol–water partition coefficient (Wildman–Crippen LogP) is 5.68. The lowest BCUT2D eigenvalue weighted by atomic mass is 10.5. The maximum atomic E-state index is 5.16. The second kappa shape index (κ2) is 4.42. The highest BCUT2D eigenvalue weighted by Crippen LogP contribution is 2.77. The molecule has 0 saturated heterocycles. The summed E-state index contributed by atoms with van der Waals surface area (Å²) >= 11 is 0. The first kappa shape index (κ1) is 14.7. The zero-order valence-corrected chi connectivity index (χ0v) is 14.5. The molecule has 3 nitrogen and oxygen atoms in total. The maximum Gasteiger partial charge on any atom is 0.0855 e. The van der Waals surface area contributed by atoms with Gasteiger partial charge in [-0.3, -0.25) is 0 Å². The summed E-state index contributed by atoms with van der Waals surface area (Å²) in [5.74, 6) is 0. The highest BCUT2D eigenvalue weighted by molar-refractivity contribution is 7.86. The van der Waals surface area contributed by atoms with E-state index in [0.29, 0.717) is 11.3 Å². The van der Waals surface area contributed by atoms with Crippen LogP contribution in [-0.4, -0.2) is 38.0 Å². The maximum absolute atomic E-state index is 5.16. The van der Waals surface area contributed by atoms with Gasteiger partial charge in [0, 0.05) is 11.3 Å². The molecule has 0 amide bonds. The summed E-state index contributed by atoms with van der Waals surface area (Å²) in [4.78, 5) is 0. The lowest BCUT2D eigenvalue weighted by molar-refractivity contribution is 0.989. The molecule has 0 spiro atoms. The van der Waals surface area contributed by atoms with Crippen LogP contribution in [-0.2, 0) is 0 Å². The molecular formula is C10H26N3P3. The standard InChI is InChI=1S/C10H26N3P3/c1-9(2)16(10(3)4)12-14(5,6)11-15(7,8)13-16/h9-10H,1-8H3. The van der Waals surface area contributed by atoms with Gasteiger partial charge in [-0.1, -0.05) is 27.7 Å². The molecule has 0 aromatic rings. The van der Waals surface area contributed by atoms with Crippen LogP contribution in [0.5, 0.6) is 0 Å². The molecule has 1 aliphatic heterocycles. The Labute approximate surface area is 101 Å². The molecule has 0 aromatic carbocycles. The Hall–Kier alpha value is 0.690. The fraction of sp³-hybridized carbons (Fsp3) is 1.00. The van der Waals surface area contributed by atoms with Crippen molar-refractivity contribution in [2.75, 3.05) is 26.7 Å². The Morgan fingerprint density at radius 2 is 1.00 bits per heavy atom. The Morgan fingerprint density at radius 1 is 0.625 bits per heavy atom. The van der Waals surface area contributed by atoms with Gasteiger partial charge in [-0.2, -0.15) is 0 Å². The smallest absolute Gasteiger partial charge is 0.0855 e. The van der Waals surface area contributed by atoms with Gasteiger partial charge in [0.15, 0.2) is 0 Å². The van der Waals surface area contributed by atoms with Crippen LogP contribution >= 0.6 is 21.6 Å². The quantitative estimate of drug-likeness (QED) is 0.583. The molecule has 1 heterocycles. The third kappa shape index (κ3) is 2.92. The van der Waals surface area contributed by atoms with Crippen LogP contribution in [0.4, 0.5) is 0 Å². The first-order valence-electron chi connectivity index (χ1n) is 5.81. The van der Waals surface area contributed by atoms with Crippen molar-refractivity contribution in [3.05, 3.63) is 0 Å². The van der Waals surface area contributed by atoms with Gasteiger partial charge in [0.1, 0.15) is 0 Å². The molecule has 1 aliphatic rings. The van der Waals surface area contributed by atoms with Gasteiger partial charge >= 0.3 is 0 Å². The van der Waals surface area contributed by atoms with Crippen molar-refractivity contribution in [3.8, 4) is 0 Å². The molecule has 0 aromatic heterocycles. The van der Waals surface area contributed by atoms with Crippen LogP contribution in [0.3, 0.4) is 0 Å². The molecule has 0 N–H and O–H groups in total. The van der Waals surface area contributed by atoms with Crippen molar-refractivity contribution in [2.45, 2.75) is 39.0 Å². The number of hydrogen-bond donors (Lipinski definition) is 0. The van der Waals surface area contributed by atoms with Crippen LogP contribution in [0.2, 0.25) is 0 Å². The van der Waals surface area contributed by atoms with Crippen LogP contribution in [0, 0.1) is 0 Å². The van der Waals surface area contributed by atoms with Crippen molar-refractivity contribution >= 4 is 21.6 Å². The van der Waals surface area contributed by atoms with Gasteiger partial charge in [-0.05, 0) is 26.7 Å². The highest BCUT2D eigenvalue weighted by atomic mass is 31.2. The zero-order valence-electron chi connectivity index (χ0n) is 11.8. The van der Waals surface area contributed by atoms with Crippen molar-refractivity contribution in [2.24, 2.45) is 13.5 Å². The normalized spacial score (nSPS) is 25.9. The van der Waals surface area contributed by atoms with Crippen molar-refractivity contribution in [1.82, 2.24) is 0 Å². The third-order valence-electron chi connectivity index (χ3n) is 2.68. The lowest BCUT2D eigenvalue weighted by Gasteiger charge is -2.36. The summed E-state index contributed by atoms with van der Waals surface area (Å²) in [6.45, 7) is 18.1. The molecule has 16 heavy (non-hydrogen) atoms. The molecule has 0 fully saturated rings. The molecule has 1 rings (SSSR count). The fourth-order valence-corrected chi connectivity index (χ4v) is 18.1. The van der Waals surface area contributed by atoms with Gasteiger partial charge in [0.05, 0.1) is 21.6 Å². The minimum Gasteiger partial charge on any atom is -0.242 e. The van der Waals surface area contributed by atoms with Crippen LogP contribution < -0.4 is 0 Å². The molecule has 6 heteroatoms. The summed E-state index contributed by atoms with van der Waals surface area (Å²) in [7, 11) is -4.39. The Balaban J connectivity index is 3.63. The van der Waals surface area contributed by atoms with Gasteiger partial charge in [0.25, 0.3) is 0 Å². The summed E-state index contributed by atoms with van der Waals surface area (Å²) in [6, 6.07) is 0. The SMILES string of the molecule is CC(C)P1(C(C)C)=NP(C)(C)=NP(C)(C)=N1. The molecule has 0 saturated carbocycles. The average Bonchev–Trinajstić information content (AvgIpc) is 1.96. The van der Waals surface area contributed by atoms with E-state index in [1.165, 1.54) is 0 Å². The third-order valence-corrected chi connectivity index (χ3v) is 15.0. The number of nitrogens with zero attached hydrogens (tertiary/aromatic N) is 3. The van der Waals surface area contributed by atoms with E-state index in [0.717, 1.165) is 0 Å². The Bertz CT molecular complexity index is 415. The number of hydrogen-bond acceptors (Lipinski definition) is 3. The molecule has 0 bridgehead atoms. The van der Waals surface area contributed by atoms with E-state index < -0.39 is 21.6 Å². The summed E-state index contributed by atoms with van der Waals surface area (Å²) in [6.07, 6.45) is 0. The van der Waals surface area contributed by atoms with Crippen molar-refractivity contribution in [1.29, 1.82) is 0 Å². The fourth-order valence-electron chi connectivity index (χ4n) is 2.30. The lowest BCUT2D eigenvalue weighted by Crippen LogP contribution is -2.08. The van der Waals surface area contributed by atoms with Gasteiger partial charge in [-0.25, -0.2) is 13.5 Å². The summed E-state index contributed by atoms with van der Waals surface area (Å²) < 4.78 is 15.2. The van der Waals surface area contributed by atoms with Gasteiger partial charge < -0.3 is 0 Å². The Kier molecular flexibility index (Phi) is 4.07. The predicted molar refractivity (Wildman–Crippen MR) is 82.0 cm³/mol. The van der Waals surface area contributed by atoms with E-state index in [-0.39, 0.29) is 0 Å². The van der Waals surface area contributed by atoms with Crippen LogP contribution in [0.15, 0.2) is 13.5 Å². The van der Waals surface area contributed by atoms with E-state index in [4.69, 9.17) is 13.5 Å². The van der Waals surface area contributed by atoms with E-state index in [1.54, 1.807) is 0 Å². The molecule has 0 aliphatic carbocycles. The van der Waals surface area contributed by atoms with Crippen LogP contribution in [0.1, 0.15) is 27.7 Å². The average molecular weight is 281 g/mol. The first-order valence-corrected chi connectivity index (χ1v) is 12.8. The van der Waals surface area contributed by atoms with E-state index >= 15 is 0 Å². The van der Waals surface area contributed by atoms with Crippen molar-refractivity contribution in [3.63, 3.8) is 0 Å². The zero-order chi connectivity index (χ0) is 12.8. The minimum atomic E-state index is -1.52. The largest absolute Gasteiger partial charge is 0.242 e. The molecule has 0 atom stereocenters. The Morgan fingerprint density at radius 3 is 1.31 bits per heavy atom. The first-order chi connectivity index (χ1) is 7.01. The summed E-state index contributed by atoms with van der Waals surface area (Å²) in [5, 5.41) is 0. The number of rotatable bonds is 2. The monoisotopic (exact) mass is 281 g/mol. The van der Waals surface area contributed by atoms with Crippen LogP contribution in [0.25, 0.3) is 0 Å². The molecule has 0 radical (unpaired) electrons. The second-order valence-corrected chi connectivity index (χ2v) is 16.8. The topological polar surface area (TPSA) is 37.1 Å². The molecular weight excluding hydrogens is 255 g/mol. The molecule has 96 valence electrons. The van der Waals surface area contributed by atoms with E-state index in [2.05, 4.69) is 54.4 Å². The van der Waals surface area contributed by atoms with E-state index in [1.807, 2.05) is 0 Å².